The predicted octanol–water partition coefficient (Wildman–Crippen LogP) is 4.04. The van der Waals surface area contributed by atoms with Crippen LogP contribution in [-0.2, 0) is 25.6 Å². The summed E-state index contributed by atoms with van der Waals surface area (Å²) >= 11 is 12.4. The van der Waals surface area contributed by atoms with E-state index in [9.17, 15) is 0 Å². The molecule has 2 aromatic rings. The molecular formula is C22H20Cl2N3O4+. The Bertz CT molecular complexity index is 1140. The largest absolute Gasteiger partial charge is 0.366 e. The summed E-state index contributed by atoms with van der Waals surface area (Å²) in [5, 5.41) is 1.11. The Morgan fingerprint density at radius 1 is 1.13 bits per heavy atom. The van der Waals surface area contributed by atoms with Crippen molar-refractivity contribution in [2.75, 3.05) is 0 Å². The molecule has 2 fully saturated rings. The Labute approximate surface area is 189 Å². The Kier molecular flexibility index (Phi) is 4.51. The summed E-state index contributed by atoms with van der Waals surface area (Å²) in [6, 6.07) is 5.83. The van der Waals surface area contributed by atoms with Gasteiger partial charge in [-0.2, -0.15) is 4.98 Å². The molecule has 4 aliphatic heterocycles. The van der Waals surface area contributed by atoms with Gasteiger partial charge in [0.15, 0.2) is 5.79 Å². The van der Waals surface area contributed by atoms with Crippen LogP contribution in [0.2, 0.25) is 10.2 Å². The van der Waals surface area contributed by atoms with E-state index in [1.54, 1.807) is 0 Å². The summed E-state index contributed by atoms with van der Waals surface area (Å²) in [6.07, 6.45) is 5.67. The van der Waals surface area contributed by atoms with E-state index in [2.05, 4.69) is 9.97 Å². The fourth-order valence-corrected chi connectivity index (χ4v) is 5.15. The Morgan fingerprint density at radius 3 is 2.84 bits per heavy atom. The van der Waals surface area contributed by atoms with Crippen molar-refractivity contribution in [3.8, 4) is 0 Å². The molecule has 1 unspecified atom stereocenters. The third kappa shape index (κ3) is 3.23. The lowest BCUT2D eigenvalue weighted by atomic mass is 9.97. The quantitative estimate of drug-likeness (QED) is 0.497. The number of ether oxygens (including phenoxy) is 4. The summed E-state index contributed by atoms with van der Waals surface area (Å²) in [5.41, 5.74) is 2.93. The average Bonchev–Trinajstić information content (AvgIpc) is 3.45. The van der Waals surface area contributed by atoms with Gasteiger partial charge in [-0.3, -0.25) is 0 Å². The van der Waals surface area contributed by atoms with Gasteiger partial charge < -0.3 is 18.9 Å². The topological polar surface area (TPSA) is 65.7 Å². The molecular weight excluding hydrogens is 441 g/mol. The number of aromatic nitrogens is 2. The van der Waals surface area contributed by atoms with Crippen LogP contribution in [0.15, 0.2) is 30.7 Å². The van der Waals surface area contributed by atoms with Gasteiger partial charge in [-0.15, -0.1) is 0 Å². The van der Waals surface area contributed by atoms with E-state index < -0.39 is 5.79 Å². The highest BCUT2D eigenvalue weighted by Gasteiger charge is 2.58. The van der Waals surface area contributed by atoms with Gasteiger partial charge in [0.05, 0.1) is 12.8 Å². The van der Waals surface area contributed by atoms with Gasteiger partial charge in [-0.25, -0.2) is 4.58 Å². The number of hydrogen-bond donors (Lipinski definition) is 0. The van der Waals surface area contributed by atoms with Crippen molar-refractivity contribution in [2.24, 2.45) is 0 Å². The zero-order chi connectivity index (χ0) is 21.3. The number of nitrogens with zero attached hydrogens (tertiary/aromatic N) is 3. The molecule has 5 heterocycles. The maximum atomic E-state index is 6.48. The van der Waals surface area contributed by atoms with Crippen molar-refractivity contribution in [3.05, 3.63) is 57.6 Å². The second-order valence-electron chi connectivity index (χ2n) is 8.48. The molecule has 31 heavy (non-hydrogen) atoms. The van der Waals surface area contributed by atoms with Crippen molar-refractivity contribution in [1.29, 1.82) is 0 Å². The molecule has 1 aromatic heterocycles. The molecule has 0 bridgehead atoms. The molecule has 0 aliphatic carbocycles. The molecule has 0 amide bonds. The number of rotatable bonds is 2. The maximum Gasteiger partial charge on any atom is 0.339 e. The molecule has 0 saturated carbocycles. The van der Waals surface area contributed by atoms with E-state index in [-0.39, 0.29) is 30.5 Å². The number of fused-ring (bicyclic) bond motifs is 3. The van der Waals surface area contributed by atoms with E-state index >= 15 is 0 Å². The maximum absolute atomic E-state index is 6.48. The minimum Gasteiger partial charge on any atom is -0.366 e. The molecule has 0 radical (unpaired) electrons. The molecule has 4 aliphatic rings. The highest BCUT2D eigenvalue weighted by atomic mass is 35.5. The van der Waals surface area contributed by atoms with Crippen molar-refractivity contribution in [3.63, 3.8) is 0 Å². The summed E-state index contributed by atoms with van der Waals surface area (Å²) in [7, 11) is 0. The van der Waals surface area contributed by atoms with Gasteiger partial charge in [-0.1, -0.05) is 29.3 Å². The molecule has 9 heteroatoms. The van der Waals surface area contributed by atoms with Crippen LogP contribution in [0.5, 0.6) is 0 Å². The van der Waals surface area contributed by atoms with Crippen LogP contribution in [0.25, 0.3) is 6.08 Å². The van der Waals surface area contributed by atoms with Gasteiger partial charge in [0.2, 0.25) is 6.33 Å². The third-order valence-corrected chi connectivity index (χ3v) is 6.56. The lowest BCUT2D eigenvalue weighted by molar-refractivity contribution is -0.359. The van der Waals surface area contributed by atoms with Gasteiger partial charge in [0.1, 0.15) is 47.5 Å². The van der Waals surface area contributed by atoms with Crippen molar-refractivity contribution < 1.29 is 23.5 Å². The van der Waals surface area contributed by atoms with E-state index in [0.717, 1.165) is 16.7 Å². The smallest absolute Gasteiger partial charge is 0.339 e. The van der Waals surface area contributed by atoms with Gasteiger partial charge >= 0.3 is 5.82 Å². The summed E-state index contributed by atoms with van der Waals surface area (Å²) < 4.78 is 27.0. The van der Waals surface area contributed by atoms with E-state index in [1.165, 1.54) is 6.33 Å². The molecule has 0 N–H and O–H groups in total. The molecule has 0 spiro atoms. The molecule has 5 atom stereocenters. The first-order valence-electron chi connectivity index (χ1n) is 10.1. The fourth-order valence-electron chi connectivity index (χ4n) is 4.76. The van der Waals surface area contributed by atoms with Crippen LogP contribution in [0.3, 0.4) is 0 Å². The lowest BCUT2D eigenvalue weighted by Gasteiger charge is -2.26. The first-order valence-corrected chi connectivity index (χ1v) is 10.9. The molecule has 160 valence electrons. The van der Waals surface area contributed by atoms with Crippen LogP contribution >= 0.6 is 23.2 Å². The van der Waals surface area contributed by atoms with Gasteiger partial charge in [0.25, 0.3) is 0 Å². The standard InChI is InChI=1S/C22H20Cl2N3O4/c1-22(2)30-17-15(8-27-6-5-14-20(24)25-10-26-21(14)27)29-18(19(17)31-22)16-13-4-3-12(23)7-11(13)9-28-16/h3-8,10,15-19H,9H2,1-2H3/q+1/b27-8+/t15?,16-,17+,18-,19+/m1/s1. The summed E-state index contributed by atoms with van der Waals surface area (Å²) in [5.74, 6) is -0.00588. The first-order chi connectivity index (χ1) is 14.9. The molecule has 1 aromatic carbocycles. The molecule has 7 nitrogen and oxygen atoms in total. The minimum absolute atomic E-state index is 0.256. The highest BCUT2D eigenvalue weighted by molar-refractivity contribution is 6.31. The zero-order valence-corrected chi connectivity index (χ0v) is 18.4. The SMILES string of the molecule is CC1(C)O[C@@H]2[C@@H]([C@@H]3OCc4cc(Cl)ccc43)OC(/C=[N+]3\C=Cc4c(Cl)ncnc43)[C@@H]2O1. The van der Waals surface area contributed by atoms with Crippen molar-refractivity contribution >= 4 is 41.3 Å². The van der Waals surface area contributed by atoms with Crippen molar-refractivity contribution in [2.45, 2.75) is 56.8 Å². The van der Waals surface area contributed by atoms with E-state index in [1.807, 2.05) is 55.1 Å². The number of halogens is 2. The lowest BCUT2D eigenvalue weighted by Crippen LogP contribution is -2.34. The van der Waals surface area contributed by atoms with Crippen molar-refractivity contribution in [1.82, 2.24) is 9.97 Å². The van der Waals surface area contributed by atoms with Crippen LogP contribution in [0, 0.1) is 0 Å². The minimum atomic E-state index is -0.713. The number of benzene rings is 1. The Balaban J connectivity index is 1.35. The highest BCUT2D eigenvalue weighted by Crippen LogP contribution is 2.46. The molecule has 6 rings (SSSR count). The van der Waals surface area contributed by atoms with E-state index in [0.29, 0.717) is 22.6 Å². The zero-order valence-electron chi connectivity index (χ0n) is 16.9. The second kappa shape index (κ2) is 7.07. The Hall–Kier alpha value is -1.87. The average molecular weight is 461 g/mol. The van der Waals surface area contributed by atoms with Crippen LogP contribution in [0.1, 0.15) is 36.6 Å². The van der Waals surface area contributed by atoms with Gasteiger partial charge in [-0.05, 0) is 48.2 Å². The third-order valence-electron chi connectivity index (χ3n) is 6.02. The normalized spacial score (nSPS) is 33.7. The predicted molar refractivity (Wildman–Crippen MR) is 114 cm³/mol. The monoisotopic (exact) mass is 460 g/mol. The van der Waals surface area contributed by atoms with Crippen LogP contribution < -0.4 is 0 Å². The van der Waals surface area contributed by atoms with E-state index in [4.69, 9.17) is 42.1 Å². The molecule has 2 saturated heterocycles. The Morgan fingerprint density at radius 2 is 1.97 bits per heavy atom. The number of hydrogen-bond acceptors (Lipinski definition) is 6. The summed E-state index contributed by atoms with van der Waals surface area (Å²) in [4.78, 5) is 8.41. The van der Waals surface area contributed by atoms with Crippen LogP contribution in [0.4, 0.5) is 5.82 Å². The summed E-state index contributed by atoms with van der Waals surface area (Å²) in [6.45, 7) is 4.33. The second-order valence-corrected chi connectivity index (χ2v) is 9.27. The van der Waals surface area contributed by atoms with Crippen LogP contribution in [-0.4, -0.2) is 51.0 Å². The van der Waals surface area contributed by atoms with Gasteiger partial charge in [0, 0.05) is 5.02 Å². The fraction of sp³-hybridized carbons (Fsp3) is 0.409. The first kappa shape index (κ1) is 19.8.